The molecular formula is C16H23ClOS. The normalized spacial score (nSPS) is 21.3. The molecule has 0 radical (unpaired) electrons. The zero-order valence-electron chi connectivity index (χ0n) is 11.7. The van der Waals surface area contributed by atoms with Crippen molar-refractivity contribution in [1.29, 1.82) is 0 Å². The molecule has 1 saturated carbocycles. The molecule has 0 amide bonds. The summed E-state index contributed by atoms with van der Waals surface area (Å²) < 4.78 is 0. The summed E-state index contributed by atoms with van der Waals surface area (Å²) in [5, 5.41) is 11.1. The van der Waals surface area contributed by atoms with Crippen molar-refractivity contribution >= 4 is 23.4 Å². The maximum absolute atomic E-state index is 10.3. The van der Waals surface area contributed by atoms with Gasteiger partial charge in [-0.1, -0.05) is 37.6 Å². The van der Waals surface area contributed by atoms with E-state index in [1.807, 2.05) is 24.3 Å². The fraction of sp³-hybridized carbons (Fsp3) is 0.625. The molecule has 0 saturated heterocycles. The number of thioether (sulfide) groups is 1. The van der Waals surface area contributed by atoms with Crippen LogP contribution in [0.3, 0.4) is 0 Å². The second kappa shape index (κ2) is 6.51. The molecule has 0 aliphatic heterocycles. The average Bonchev–Trinajstić information content (AvgIpc) is 2.37. The quantitative estimate of drug-likeness (QED) is 0.789. The molecule has 1 aliphatic carbocycles. The van der Waals surface area contributed by atoms with E-state index in [0.29, 0.717) is 11.3 Å². The number of rotatable bonds is 4. The van der Waals surface area contributed by atoms with Crippen LogP contribution in [0.1, 0.15) is 39.5 Å². The van der Waals surface area contributed by atoms with Crippen LogP contribution in [0, 0.1) is 11.3 Å². The summed E-state index contributed by atoms with van der Waals surface area (Å²) in [6.45, 7) is 4.65. The molecule has 1 aromatic rings. The van der Waals surface area contributed by atoms with Crippen LogP contribution in [-0.4, -0.2) is 17.0 Å². The number of benzene rings is 1. The number of aliphatic hydroxyl groups is 1. The molecule has 0 aromatic heterocycles. The van der Waals surface area contributed by atoms with Crippen molar-refractivity contribution in [1.82, 2.24) is 0 Å². The van der Waals surface area contributed by atoms with Gasteiger partial charge in [0, 0.05) is 10.6 Å². The number of halogens is 1. The molecule has 106 valence electrons. The Kier molecular flexibility index (Phi) is 5.22. The molecule has 1 atom stereocenters. The van der Waals surface area contributed by atoms with E-state index in [1.54, 1.807) is 11.8 Å². The zero-order valence-corrected chi connectivity index (χ0v) is 13.3. The molecule has 1 unspecified atom stereocenters. The molecular weight excluding hydrogens is 276 g/mol. The predicted molar refractivity (Wildman–Crippen MR) is 83.9 cm³/mol. The molecule has 1 N–H and O–H groups in total. The Morgan fingerprint density at radius 2 is 1.95 bits per heavy atom. The predicted octanol–water partition coefficient (Wildman–Crippen LogP) is 5.01. The highest BCUT2D eigenvalue weighted by Gasteiger charge is 2.30. The molecule has 1 fully saturated rings. The smallest absolute Gasteiger partial charge is 0.0662 e. The van der Waals surface area contributed by atoms with Gasteiger partial charge in [0.15, 0.2) is 0 Å². The van der Waals surface area contributed by atoms with Crippen molar-refractivity contribution in [2.24, 2.45) is 11.3 Å². The molecule has 0 bridgehead atoms. The van der Waals surface area contributed by atoms with Crippen LogP contribution in [0.4, 0.5) is 0 Å². The van der Waals surface area contributed by atoms with E-state index >= 15 is 0 Å². The van der Waals surface area contributed by atoms with Gasteiger partial charge in [0.25, 0.3) is 0 Å². The third-order valence-electron chi connectivity index (χ3n) is 4.17. The van der Waals surface area contributed by atoms with Gasteiger partial charge in [-0.3, -0.25) is 0 Å². The third kappa shape index (κ3) is 4.40. The summed E-state index contributed by atoms with van der Waals surface area (Å²) in [6.07, 6.45) is 4.54. The Morgan fingerprint density at radius 1 is 1.32 bits per heavy atom. The van der Waals surface area contributed by atoms with Gasteiger partial charge in [0.2, 0.25) is 0 Å². The summed E-state index contributed by atoms with van der Waals surface area (Å²) in [7, 11) is 0. The number of hydrogen-bond acceptors (Lipinski definition) is 2. The Labute approximate surface area is 125 Å². The molecule has 3 heteroatoms. The van der Waals surface area contributed by atoms with E-state index in [0.717, 1.165) is 28.5 Å². The summed E-state index contributed by atoms with van der Waals surface area (Å²) in [4.78, 5) is 1.07. The Balaban J connectivity index is 1.82. The van der Waals surface area contributed by atoms with Crippen LogP contribution in [0.25, 0.3) is 0 Å². The van der Waals surface area contributed by atoms with Gasteiger partial charge in [-0.2, -0.15) is 0 Å². The maximum Gasteiger partial charge on any atom is 0.0662 e. The van der Waals surface area contributed by atoms with Gasteiger partial charge >= 0.3 is 0 Å². The van der Waals surface area contributed by atoms with E-state index < -0.39 is 0 Å². The van der Waals surface area contributed by atoms with Gasteiger partial charge < -0.3 is 5.11 Å². The molecule has 0 spiro atoms. The Hall–Kier alpha value is -0.180. The van der Waals surface area contributed by atoms with E-state index in [-0.39, 0.29) is 6.10 Å². The van der Waals surface area contributed by atoms with E-state index in [2.05, 4.69) is 13.8 Å². The van der Waals surface area contributed by atoms with Crippen LogP contribution >= 0.6 is 23.4 Å². The van der Waals surface area contributed by atoms with Crippen molar-refractivity contribution < 1.29 is 5.11 Å². The van der Waals surface area contributed by atoms with Crippen LogP contribution in [0.5, 0.6) is 0 Å². The molecule has 1 nitrogen and oxygen atoms in total. The first-order valence-electron chi connectivity index (χ1n) is 7.03. The van der Waals surface area contributed by atoms with Crippen molar-refractivity contribution in [3.05, 3.63) is 29.3 Å². The van der Waals surface area contributed by atoms with E-state index in [1.165, 1.54) is 12.8 Å². The second-order valence-electron chi connectivity index (χ2n) is 6.31. The van der Waals surface area contributed by atoms with Crippen LogP contribution < -0.4 is 0 Å². The number of hydrogen-bond donors (Lipinski definition) is 1. The van der Waals surface area contributed by atoms with E-state index in [9.17, 15) is 5.11 Å². The second-order valence-corrected chi connectivity index (χ2v) is 7.78. The first-order valence-corrected chi connectivity index (χ1v) is 8.40. The van der Waals surface area contributed by atoms with Gasteiger partial charge in [-0.25, -0.2) is 0 Å². The standard InChI is InChI=1S/C16H23ClOS/c1-16(2)9-7-12(8-10-16)14(18)11-19-15-6-4-3-5-13(15)17/h3-6,12,14,18H,7-11H2,1-2H3. The highest BCUT2D eigenvalue weighted by Crippen LogP contribution is 2.40. The van der Waals surface area contributed by atoms with Crippen molar-refractivity contribution in [3.63, 3.8) is 0 Å². The van der Waals surface area contributed by atoms with E-state index in [4.69, 9.17) is 11.6 Å². The van der Waals surface area contributed by atoms with Gasteiger partial charge in [0.05, 0.1) is 11.1 Å². The Bertz CT molecular complexity index is 409. The molecule has 2 rings (SSSR count). The minimum atomic E-state index is -0.211. The van der Waals surface area contributed by atoms with Crippen molar-refractivity contribution in [2.75, 3.05) is 5.75 Å². The fourth-order valence-corrected chi connectivity index (χ4v) is 3.98. The highest BCUT2D eigenvalue weighted by molar-refractivity contribution is 7.99. The molecule has 1 aliphatic rings. The lowest BCUT2D eigenvalue weighted by molar-refractivity contribution is 0.0730. The van der Waals surface area contributed by atoms with Crippen LogP contribution in [-0.2, 0) is 0 Å². The van der Waals surface area contributed by atoms with Crippen LogP contribution in [0.2, 0.25) is 5.02 Å². The van der Waals surface area contributed by atoms with Crippen molar-refractivity contribution in [2.45, 2.75) is 50.5 Å². The maximum atomic E-state index is 10.3. The monoisotopic (exact) mass is 298 g/mol. The minimum absolute atomic E-state index is 0.211. The zero-order chi connectivity index (χ0) is 13.9. The van der Waals surface area contributed by atoms with Gasteiger partial charge in [-0.15, -0.1) is 11.8 Å². The SMILES string of the molecule is CC1(C)CCC(C(O)CSc2ccccc2Cl)CC1. The summed E-state index contributed by atoms with van der Waals surface area (Å²) in [5.74, 6) is 1.21. The lowest BCUT2D eigenvalue weighted by Crippen LogP contribution is -2.30. The van der Waals surface area contributed by atoms with Gasteiger partial charge in [-0.05, 0) is 49.1 Å². The molecule has 19 heavy (non-hydrogen) atoms. The topological polar surface area (TPSA) is 20.2 Å². The number of aliphatic hydroxyl groups excluding tert-OH is 1. The van der Waals surface area contributed by atoms with Gasteiger partial charge in [0.1, 0.15) is 0 Å². The van der Waals surface area contributed by atoms with Crippen LogP contribution in [0.15, 0.2) is 29.2 Å². The minimum Gasteiger partial charge on any atom is -0.392 e. The summed E-state index contributed by atoms with van der Waals surface area (Å²) >= 11 is 7.80. The Morgan fingerprint density at radius 3 is 2.58 bits per heavy atom. The third-order valence-corrected chi connectivity index (χ3v) is 5.79. The molecule has 1 aromatic carbocycles. The average molecular weight is 299 g/mol. The highest BCUT2D eigenvalue weighted by atomic mass is 35.5. The molecule has 0 heterocycles. The summed E-state index contributed by atoms with van der Waals surface area (Å²) in [5.41, 5.74) is 0.464. The summed E-state index contributed by atoms with van der Waals surface area (Å²) in [6, 6.07) is 7.85. The first kappa shape index (κ1) is 15.2. The lowest BCUT2D eigenvalue weighted by atomic mass is 9.72. The fourth-order valence-electron chi connectivity index (χ4n) is 2.68. The van der Waals surface area contributed by atoms with Crippen molar-refractivity contribution in [3.8, 4) is 0 Å². The lowest BCUT2D eigenvalue weighted by Gasteiger charge is -2.36. The largest absolute Gasteiger partial charge is 0.392 e. The first-order chi connectivity index (χ1) is 8.98.